The number of nitrogens with one attached hydrogen (secondary N) is 1. The number of benzene rings is 1. The Kier molecular flexibility index (Phi) is 2.90. The minimum Gasteiger partial charge on any atom is -0.370 e. The van der Waals surface area contributed by atoms with Gasteiger partial charge in [0.1, 0.15) is 0 Å². The van der Waals surface area contributed by atoms with Gasteiger partial charge in [0, 0.05) is 12.2 Å². The smallest absolute Gasteiger partial charge is 0.193 e. The van der Waals surface area contributed by atoms with E-state index in [9.17, 15) is 0 Å². The lowest BCUT2D eigenvalue weighted by molar-refractivity contribution is 0.912. The summed E-state index contributed by atoms with van der Waals surface area (Å²) in [5.41, 5.74) is 9.67. The summed E-state index contributed by atoms with van der Waals surface area (Å²) in [6.45, 7) is 2.68. The molecule has 0 atom stereocenters. The van der Waals surface area contributed by atoms with Crippen molar-refractivity contribution in [3.05, 3.63) is 29.3 Å². The molecule has 0 bridgehead atoms. The number of aryl methyl sites for hydroxylation is 2. The van der Waals surface area contributed by atoms with Crippen LogP contribution < -0.4 is 11.1 Å². The quantitative estimate of drug-likeness (QED) is 0.570. The monoisotopic (exact) mass is 203 g/mol. The van der Waals surface area contributed by atoms with Gasteiger partial charge in [-0.2, -0.15) is 0 Å². The first-order valence-corrected chi connectivity index (χ1v) is 5.48. The van der Waals surface area contributed by atoms with Crippen molar-refractivity contribution in [1.82, 2.24) is 0 Å². The summed E-state index contributed by atoms with van der Waals surface area (Å²) in [4.78, 5) is 4.10. The van der Waals surface area contributed by atoms with E-state index >= 15 is 0 Å². The van der Waals surface area contributed by atoms with Gasteiger partial charge in [0.2, 0.25) is 0 Å². The van der Waals surface area contributed by atoms with Gasteiger partial charge in [0.05, 0.1) is 0 Å². The molecule has 1 aliphatic rings. The van der Waals surface area contributed by atoms with Crippen LogP contribution in [-0.2, 0) is 12.8 Å². The Balaban J connectivity index is 2.13. The molecule has 15 heavy (non-hydrogen) atoms. The molecule has 0 saturated heterocycles. The fraction of sp³-hybridized carbons (Fsp3) is 0.417. The zero-order valence-corrected chi connectivity index (χ0v) is 9.09. The van der Waals surface area contributed by atoms with Gasteiger partial charge in [0.15, 0.2) is 5.96 Å². The molecule has 1 aromatic carbocycles. The van der Waals surface area contributed by atoms with Gasteiger partial charge < -0.3 is 11.1 Å². The zero-order chi connectivity index (χ0) is 10.7. The molecule has 0 spiro atoms. The van der Waals surface area contributed by atoms with Crippen molar-refractivity contribution < 1.29 is 0 Å². The molecule has 0 aliphatic heterocycles. The SMILES string of the molecule is CCN=C(N)Nc1ccc2c(c1)CCC2. The normalized spacial score (nSPS) is 15.1. The number of rotatable bonds is 2. The summed E-state index contributed by atoms with van der Waals surface area (Å²) in [5, 5.41) is 3.10. The average Bonchev–Trinajstić information content (AvgIpc) is 2.65. The van der Waals surface area contributed by atoms with Gasteiger partial charge in [-0.1, -0.05) is 6.07 Å². The molecule has 0 heterocycles. The van der Waals surface area contributed by atoms with Gasteiger partial charge in [-0.15, -0.1) is 0 Å². The van der Waals surface area contributed by atoms with E-state index in [1.807, 2.05) is 6.92 Å². The second-order valence-electron chi connectivity index (χ2n) is 3.82. The van der Waals surface area contributed by atoms with E-state index in [0.29, 0.717) is 12.5 Å². The van der Waals surface area contributed by atoms with Crippen LogP contribution in [0.25, 0.3) is 0 Å². The van der Waals surface area contributed by atoms with Crippen molar-refractivity contribution in [3.63, 3.8) is 0 Å². The van der Waals surface area contributed by atoms with E-state index in [1.165, 1.54) is 30.4 Å². The number of hydrogen-bond donors (Lipinski definition) is 2. The molecule has 0 unspecified atom stereocenters. The number of guanidine groups is 1. The van der Waals surface area contributed by atoms with E-state index in [2.05, 4.69) is 28.5 Å². The van der Waals surface area contributed by atoms with Gasteiger partial charge in [-0.25, -0.2) is 0 Å². The molecule has 0 fully saturated rings. The maximum atomic E-state index is 5.70. The van der Waals surface area contributed by atoms with Crippen LogP contribution in [0.15, 0.2) is 23.2 Å². The molecule has 3 N–H and O–H groups in total. The summed E-state index contributed by atoms with van der Waals surface area (Å²) < 4.78 is 0. The zero-order valence-electron chi connectivity index (χ0n) is 9.09. The Morgan fingerprint density at radius 1 is 1.40 bits per heavy atom. The summed E-state index contributed by atoms with van der Waals surface area (Å²) >= 11 is 0. The molecule has 0 amide bonds. The minimum absolute atomic E-state index is 0.496. The summed E-state index contributed by atoms with van der Waals surface area (Å²) in [6.07, 6.45) is 3.68. The second-order valence-corrected chi connectivity index (χ2v) is 3.82. The molecule has 0 saturated carbocycles. The fourth-order valence-electron chi connectivity index (χ4n) is 2.01. The van der Waals surface area contributed by atoms with E-state index in [1.54, 1.807) is 0 Å². The molecular formula is C12H17N3. The van der Waals surface area contributed by atoms with Crippen LogP contribution in [0.3, 0.4) is 0 Å². The fourth-order valence-corrected chi connectivity index (χ4v) is 2.01. The van der Waals surface area contributed by atoms with Gasteiger partial charge in [0.25, 0.3) is 0 Å². The highest BCUT2D eigenvalue weighted by atomic mass is 15.1. The molecule has 1 aliphatic carbocycles. The summed E-state index contributed by atoms with van der Waals surface area (Å²) in [5.74, 6) is 0.496. The first-order valence-electron chi connectivity index (χ1n) is 5.48. The van der Waals surface area contributed by atoms with Crippen molar-refractivity contribution >= 4 is 11.6 Å². The van der Waals surface area contributed by atoms with Crippen LogP contribution in [0, 0.1) is 0 Å². The lowest BCUT2D eigenvalue weighted by Crippen LogP contribution is -2.22. The van der Waals surface area contributed by atoms with Crippen LogP contribution in [-0.4, -0.2) is 12.5 Å². The molecule has 3 nitrogen and oxygen atoms in total. The molecule has 0 aromatic heterocycles. The Labute approximate surface area is 90.4 Å². The van der Waals surface area contributed by atoms with E-state index in [-0.39, 0.29) is 0 Å². The van der Waals surface area contributed by atoms with Crippen LogP contribution in [0.4, 0.5) is 5.69 Å². The number of fused-ring (bicyclic) bond motifs is 1. The topological polar surface area (TPSA) is 50.4 Å². The first kappa shape index (κ1) is 10.0. The number of hydrogen-bond acceptors (Lipinski definition) is 1. The Morgan fingerprint density at radius 2 is 2.20 bits per heavy atom. The molecule has 2 rings (SSSR count). The van der Waals surface area contributed by atoms with Crippen molar-refractivity contribution in [2.45, 2.75) is 26.2 Å². The van der Waals surface area contributed by atoms with E-state index < -0.39 is 0 Å². The third kappa shape index (κ3) is 2.29. The molecule has 3 heteroatoms. The first-order chi connectivity index (χ1) is 7.29. The highest BCUT2D eigenvalue weighted by Crippen LogP contribution is 2.24. The largest absolute Gasteiger partial charge is 0.370 e. The van der Waals surface area contributed by atoms with Crippen molar-refractivity contribution in [3.8, 4) is 0 Å². The average molecular weight is 203 g/mol. The van der Waals surface area contributed by atoms with Crippen LogP contribution in [0.2, 0.25) is 0 Å². The van der Waals surface area contributed by atoms with Crippen LogP contribution >= 0.6 is 0 Å². The third-order valence-electron chi connectivity index (χ3n) is 2.70. The molecule has 1 aromatic rings. The van der Waals surface area contributed by atoms with E-state index in [0.717, 1.165) is 5.69 Å². The number of anilines is 1. The second kappa shape index (κ2) is 4.34. The Hall–Kier alpha value is -1.51. The van der Waals surface area contributed by atoms with Crippen molar-refractivity contribution in [2.75, 3.05) is 11.9 Å². The van der Waals surface area contributed by atoms with Crippen LogP contribution in [0.1, 0.15) is 24.5 Å². The van der Waals surface area contributed by atoms with Gasteiger partial charge >= 0.3 is 0 Å². The maximum absolute atomic E-state index is 5.70. The predicted octanol–water partition coefficient (Wildman–Crippen LogP) is 1.92. The molecular weight excluding hydrogens is 186 g/mol. The number of aliphatic imine (C=N–C) groups is 1. The molecule has 0 radical (unpaired) electrons. The lowest BCUT2D eigenvalue weighted by Gasteiger charge is -2.07. The highest BCUT2D eigenvalue weighted by Gasteiger charge is 2.10. The van der Waals surface area contributed by atoms with E-state index in [4.69, 9.17) is 5.73 Å². The standard InChI is InChI=1S/C12H17N3/c1-2-14-12(13)15-11-7-6-9-4-3-5-10(9)8-11/h6-8H,2-5H2,1H3,(H3,13,14,15). The van der Waals surface area contributed by atoms with Crippen molar-refractivity contribution in [1.29, 1.82) is 0 Å². The Bertz CT molecular complexity index is 382. The Morgan fingerprint density at radius 3 is 3.00 bits per heavy atom. The summed E-state index contributed by atoms with van der Waals surface area (Å²) in [6, 6.07) is 6.44. The number of nitrogens with two attached hydrogens (primary N) is 1. The lowest BCUT2D eigenvalue weighted by atomic mass is 10.1. The maximum Gasteiger partial charge on any atom is 0.193 e. The third-order valence-corrected chi connectivity index (χ3v) is 2.70. The summed E-state index contributed by atoms with van der Waals surface area (Å²) in [7, 11) is 0. The van der Waals surface area contributed by atoms with Gasteiger partial charge in [-0.3, -0.25) is 4.99 Å². The molecule has 80 valence electrons. The van der Waals surface area contributed by atoms with Gasteiger partial charge in [-0.05, 0) is 49.4 Å². The number of nitrogens with zero attached hydrogens (tertiary/aromatic N) is 1. The highest BCUT2D eigenvalue weighted by molar-refractivity contribution is 5.92. The predicted molar refractivity (Wildman–Crippen MR) is 64.3 cm³/mol. The minimum atomic E-state index is 0.496. The van der Waals surface area contributed by atoms with Crippen molar-refractivity contribution in [2.24, 2.45) is 10.7 Å². The van der Waals surface area contributed by atoms with Crippen LogP contribution in [0.5, 0.6) is 0 Å².